The quantitative estimate of drug-likeness (QED) is 0.538. The molecule has 0 aliphatic heterocycles. The number of aryl methyl sites for hydroxylation is 1. The SMILES string of the molecule is CC(=O)OCCCC(=O)CCc1ccccc1. The first kappa shape index (κ1) is 13.4. The first-order chi connectivity index (χ1) is 8.18. The van der Waals surface area contributed by atoms with E-state index in [2.05, 4.69) is 0 Å². The monoisotopic (exact) mass is 234 g/mol. The molecule has 1 aromatic rings. The lowest BCUT2D eigenvalue weighted by Gasteiger charge is -2.02. The maximum atomic E-state index is 11.5. The van der Waals surface area contributed by atoms with Crippen molar-refractivity contribution in [3.05, 3.63) is 35.9 Å². The Morgan fingerprint density at radius 3 is 2.47 bits per heavy atom. The van der Waals surface area contributed by atoms with Gasteiger partial charge in [-0.15, -0.1) is 0 Å². The van der Waals surface area contributed by atoms with Gasteiger partial charge in [-0.1, -0.05) is 30.3 Å². The highest BCUT2D eigenvalue weighted by atomic mass is 16.5. The minimum Gasteiger partial charge on any atom is -0.466 e. The van der Waals surface area contributed by atoms with Crippen molar-refractivity contribution in [2.24, 2.45) is 0 Å². The molecule has 0 N–H and O–H groups in total. The second-order valence-electron chi connectivity index (χ2n) is 3.97. The van der Waals surface area contributed by atoms with E-state index in [1.165, 1.54) is 12.5 Å². The number of hydrogen-bond donors (Lipinski definition) is 0. The first-order valence-corrected chi connectivity index (χ1v) is 5.87. The number of carbonyl (C=O) groups excluding carboxylic acids is 2. The zero-order valence-electron chi connectivity index (χ0n) is 10.1. The van der Waals surface area contributed by atoms with E-state index in [1.54, 1.807) is 0 Å². The van der Waals surface area contributed by atoms with Gasteiger partial charge >= 0.3 is 5.97 Å². The standard InChI is InChI=1S/C14H18O3/c1-12(15)17-11-5-8-14(16)10-9-13-6-3-2-4-7-13/h2-4,6-7H,5,8-11H2,1H3. The van der Waals surface area contributed by atoms with Crippen LogP contribution in [0.25, 0.3) is 0 Å². The average molecular weight is 234 g/mol. The zero-order valence-corrected chi connectivity index (χ0v) is 10.1. The highest BCUT2D eigenvalue weighted by molar-refractivity contribution is 5.78. The van der Waals surface area contributed by atoms with Gasteiger partial charge in [0.1, 0.15) is 5.78 Å². The molecule has 0 radical (unpaired) electrons. The largest absolute Gasteiger partial charge is 0.466 e. The number of ether oxygens (including phenoxy) is 1. The fraction of sp³-hybridized carbons (Fsp3) is 0.429. The topological polar surface area (TPSA) is 43.4 Å². The third kappa shape index (κ3) is 6.51. The summed E-state index contributed by atoms with van der Waals surface area (Å²) in [7, 11) is 0. The van der Waals surface area contributed by atoms with Gasteiger partial charge in [-0.3, -0.25) is 9.59 Å². The molecule has 1 rings (SSSR count). The Labute approximate surface area is 102 Å². The van der Waals surface area contributed by atoms with Crippen molar-refractivity contribution in [1.29, 1.82) is 0 Å². The number of carbonyl (C=O) groups is 2. The Morgan fingerprint density at radius 1 is 1.12 bits per heavy atom. The highest BCUT2D eigenvalue weighted by Crippen LogP contribution is 2.05. The summed E-state index contributed by atoms with van der Waals surface area (Å²) >= 11 is 0. The molecule has 0 aliphatic carbocycles. The predicted molar refractivity (Wildman–Crippen MR) is 65.6 cm³/mol. The Balaban J connectivity index is 2.11. The van der Waals surface area contributed by atoms with Crippen molar-refractivity contribution in [2.75, 3.05) is 6.61 Å². The van der Waals surface area contributed by atoms with E-state index in [9.17, 15) is 9.59 Å². The molecule has 0 fully saturated rings. The van der Waals surface area contributed by atoms with Crippen LogP contribution in [0.4, 0.5) is 0 Å². The highest BCUT2D eigenvalue weighted by Gasteiger charge is 2.03. The van der Waals surface area contributed by atoms with Gasteiger partial charge in [0.05, 0.1) is 6.61 Å². The smallest absolute Gasteiger partial charge is 0.302 e. The molecule has 0 spiro atoms. The zero-order chi connectivity index (χ0) is 12.5. The molecule has 0 atom stereocenters. The van der Waals surface area contributed by atoms with Crippen LogP contribution in [0.5, 0.6) is 0 Å². The van der Waals surface area contributed by atoms with Crippen LogP contribution in [0, 0.1) is 0 Å². The van der Waals surface area contributed by atoms with E-state index < -0.39 is 0 Å². The van der Waals surface area contributed by atoms with Crippen LogP contribution < -0.4 is 0 Å². The van der Waals surface area contributed by atoms with Gasteiger partial charge < -0.3 is 4.74 Å². The Hall–Kier alpha value is -1.64. The van der Waals surface area contributed by atoms with Crippen molar-refractivity contribution in [3.8, 4) is 0 Å². The molecule has 17 heavy (non-hydrogen) atoms. The number of benzene rings is 1. The van der Waals surface area contributed by atoms with Crippen LogP contribution in [0.3, 0.4) is 0 Å². The molecule has 0 saturated heterocycles. The van der Waals surface area contributed by atoms with Crippen molar-refractivity contribution in [2.45, 2.75) is 32.6 Å². The number of hydrogen-bond acceptors (Lipinski definition) is 3. The van der Waals surface area contributed by atoms with Gasteiger partial charge in [-0.25, -0.2) is 0 Å². The summed E-state index contributed by atoms with van der Waals surface area (Å²) in [4.78, 5) is 22.0. The second-order valence-corrected chi connectivity index (χ2v) is 3.97. The van der Waals surface area contributed by atoms with Crippen LogP contribution in [0.15, 0.2) is 30.3 Å². The predicted octanol–water partition coefficient (Wildman–Crippen LogP) is 2.53. The van der Waals surface area contributed by atoms with Gasteiger partial charge in [0.25, 0.3) is 0 Å². The van der Waals surface area contributed by atoms with E-state index in [0.29, 0.717) is 25.9 Å². The second kappa shape index (κ2) is 7.60. The number of Topliss-reactive ketones (excluding diaryl/α,β-unsaturated/α-hetero) is 1. The number of rotatable bonds is 7. The molecule has 0 amide bonds. The van der Waals surface area contributed by atoms with Crippen molar-refractivity contribution < 1.29 is 14.3 Å². The minimum atomic E-state index is -0.290. The van der Waals surface area contributed by atoms with E-state index in [4.69, 9.17) is 4.74 Å². The Morgan fingerprint density at radius 2 is 1.82 bits per heavy atom. The van der Waals surface area contributed by atoms with Crippen LogP contribution in [0.1, 0.15) is 31.7 Å². The lowest BCUT2D eigenvalue weighted by Crippen LogP contribution is -2.05. The van der Waals surface area contributed by atoms with Crippen molar-refractivity contribution in [3.63, 3.8) is 0 Å². The summed E-state index contributed by atoms with van der Waals surface area (Å²) in [6.07, 6.45) is 2.45. The molecular formula is C14H18O3. The van der Waals surface area contributed by atoms with Crippen LogP contribution in [-0.4, -0.2) is 18.4 Å². The Kier molecular flexibility index (Phi) is 6.00. The lowest BCUT2D eigenvalue weighted by atomic mass is 10.1. The molecule has 0 aliphatic rings. The van der Waals surface area contributed by atoms with Crippen LogP contribution >= 0.6 is 0 Å². The van der Waals surface area contributed by atoms with Crippen LogP contribution in [0.2, 0.25) is 0 Å². The van der Waals surface area contributed by atoms with E-state index >= 15 is 0 Å². The molecule has 1 aromatic carbocycles. The van der Waals surface area contributed by atoms with Crippen molar-refractivity contribution >= 4 is 11.8 Å². The van der Waals surface area contributed by atoms with Crippen molar-refractivity contribution in [1.82, 2.24) is 0 Å². The third-order valence-corrected chi connectivity index (χ3v) is 2.44. The lowest BCUT2D eigenvalue weighted by molar-refractivity contribution is -0.141. The molecule has 92 valence electrons. The molecule has 3 heteroatoms. The van der Waals surface area contributed by atoms with Gasteiger partial charge in [0, 0.05) is 19.8 Å². The molecule has 0 heterocycles. The number of esters is 1. The average Bonchev–Trinajstić information content (AvgIpc) is 2.33. The molecule has 0 bridgehead atoms. The normalized spacial score (nSPS) is 9.94. The van der Waals surface area contributed by atoms with Gasteiger partial charge in [-0.05, 0) is 18.4 Å². The summed E-state index contributed by atoms with van der Waals surface area (Å²) in [5.41, 5.74) is 1.18. The van der Waals surface area contributed by atoms with E-state index in [-0.39, 0.29) is 11.8 Å². The van der Waals surface area contributed by atoms with Gasteiger partial charge in [0.2, 0.25) is 0 Å². The van der Waals surface area contributed by atoms with E-state index in [1.807, 2.05) is 30.3 Å². The van der Waals surface area contributed by atoms with E-state index in [0.717, 1.165) is 6.42 Å². The van der Waals surface area contributed by atoms with Gasteiger partial charge in [-0.2, -0.15) is 0 Å². The maximum Gasteiger partial charge on any atom is 0.302 e. The fourth-order valence-corrected chi connectivity index (χ4v) is 1.54. The molecule has 3 nitrogen and oxygen atoms in total. The van der Waals surface area contributed by atoms with Crippen LogP contribution in [-0.2, 0) is 20.7 Å². The first-order valence-electron chi connectivity index (χ1n) is 5.87. The molecule has 0 unspecified atom stereocenters. The Bertz CT molecular complexity index is 357. The summed E-state index contributed by atoms with van der Waals surface area (Å²) in [5.74, 6) is -0.0669. The fourth-order valence-electron chi connectivity index (χ4n) is 1.54. The number of ketones is 1. The summed E-state index contributed by atoms with van der Waals surface area (Å²) in [5, 5.41) is 0. The molecule has 0 saturated carbocycles. The minimum absolute atomic E-state index is 0.223. The third-order valence-electron chi connectivity index (χ3n) is 2.44. The summed E-state index contributed by atoms with van der Waals surface area (Å²) in [6.45, 7) is 1.71. The summed E-state index contributed by atoms with van der Waals surface area (Å²) in [6, 6.07) is 9.95. The maximum absolute atomic E-state index is 11.5. The molecular weight excluding hydrogens is 216 g/mol. The summed E-state index contributed by atoms with van der Waals surface area (Å²) < 4.78 is 4.76. The molecule has 0 aromatic heterocycles. The van der Waals surface area contributed by atoms with Gasteiger partial charge in [0.15, 0.2) is 0 Å².